The Labute approximate surface area is 209 Å². The van der Waals surface area contributed by atoms with Crippen LogP contribution in [0.5, 0.6) is 0 Å². The number of aldehydes is 1. The van der Waals surface area contributed by atoms with Gasteiger partial charge in [0.1, 0.15) is 6.29 Å². The molecule has 0 spiro atoms. The number of unbranched alkanes of at least 4 members (excludes halogenated alkanes) is 21. The summed E-state index contributed by atoms with van der Waals surface area (Å²) in [6, 6.07) is 0. The first-order chi connectivity index (χ1) is 16.3. The van der Waals surface area contributed by atoms with Crippen molar-refractivity contribution in [2.75, 3.05) is 0 Å². The molecular weight excluding hydrogens is 400 g/mol. The van der Waals surface area contributed by atoms with E-state index < -0.39 is 0 Å². The van der Waals surface area contributed by atoms with E-state index in [1.54, 1.807) is 0 Å². The summed E-state index contributed by atoms with van der Waals surface area (Å²) >= 11 is 0. The number of hydrogen-bond donors (Lipinski definition) is 0. The van der Waals surface area contributed by atoms with Crippen LogP contribution in [-0.4, -0.2) is 6.29 Å². The smallest absolute Gasteiger partial charge is 0.145 e. The zero-order valence-corrected chi connectivity index (χ0v) is 22.9. The first-order valence-corrected chi connectivity index (χ1v) is 15.1. The molecule has 0 saturated heterocycles. The summed E-state index contributed by atoms with van der Waals surface area (Å²) in [4.78, 5) is 11.3. The maximum atomic E-state index is 11.3. The molecule has 0 saturated carbocycles. The Morgan fingerprint density at radius 1 is 0.455 bits per heavy atom. The number of rotatable bonds is 27. The lowest BCUT2D eigenvalue weighted by atomic mass is 10.0. The molecule has 0 fully saturated rings. The van der Waals surface area contributed by atoms with Gasteiger partial charge in [0, 0.05) is 0 Å². The van der Waals surface area contributed by atoms with Gasteiger partial charge in [0.15, 0.2) is 0 Å². The normalized spacial score (nSPS) is 12.1. The van der Waals surface area contributed by atoms with Gasteiger partial charge in [-0.1, -0.05) is 141 Å². The first-order valence-electron chi connectivity index (χ1n) is 15.1. The fraction of sp³-hybridized carbons (Fsp3) is 0.844. The highest BCUT2D eigenvalue weighted by Gasteiger charge is 1.98. The number of carbonyl (C=O) groups is 1. The molecule has 33 heavy (non-hydrogen) atoms. The summed E-state index contributed by atoms with van der Waals surface area (Å²) in [7, 11) is 0. The molecule has 0 aromatic rings. The SMILES string of the molecule is CCCCCCCCC=CCCCCCCC=C(C=O)CCCCCCCCCCCCC. The van der Waals surface area contributed by atoms with Crippen molar-refractivity contribution in [1.82, 2.24) is 0 Å². The van der Waals surface area contributed by atoms with Gasteiger partial charge >= 0.3 is 0 Å². The second kappa shape index (κ2) is 29.2. The van der Waals surface area contributed by atoms with E-state index in [2.05, 4.69) is 32.1 Å². The van der Waals surface area contributed by atoms with Gasteiger partial charge in [0.2, 0.25) is 0 Å². The molecule has 1 nitrogen and oxygen atoms in total. The zero-order valence-electron chi connectivity index (χ0n) is 22.9. The molecule has 0 aliphatic carbocycles. The molecule has 0 radical (unpaired) electrons. The standard InChI is InChI=1S/C32H60O/c1-3-5-7-9-11-13-15-16-17-18-20-22-24-26-28-30-32(31-33)29-27-25-23-21-19-14-12-10-8-6-4-2/h16-17,30-31H,3-15,18-29H2,1-2H3. The second-order valence-electron chi connectivity index (χ2n) is 10.2. The lowest BCUT2D eigenvalue weighted by Crippen LogP contribution is -1.88. The van der Waals surface area contributed by atoms with Crippen molar-refractivity contribution in [3.8, 4) is 0 Å². The van der Waals surface area contributed by atoms with E-state index >= 15 is 0 Å². The maximum absolute atomic E-state index is 11.3. The van der Waals surface area contributed by atoms with Crippen molar-refractivity contribution >= 4 is 6.29 Å². The molecule has 0 amide bonds. The van der Waals surface area contributed by atoms with Crippen LogP contribution >= 0.6 is 0 Å². The Hall–Kier alpha value is -0.850. The van der Waals surface area contributed by atoms with Gasteiger partial charge in [0.25, 0.3) is 0 Å². The van der Waals surface area contributed by atoms with Crippen LogP contribution in [0.15, 0.2) is 23.8 Å². The van der Waals surface area contributed by atoms with E-state index in [4.69, 9.17) is 0 Å². The minimum atomic E-state index is 0.990. The molecule has 0 aliphatic rings. The third-order valence-corrected chi connectivity index (χ3v) is 6.84. The highest BCUT2D eigenvalue weighted by atomic mass is 16.1. The number of carbonyl (C=O) groups excluding carboxylic acids is 1. The Bertz CT molecular complexity index is 434. The van der Waals surface area contributed by atoms with Gasteiger partial charge < -0.3 is 0 Å². The average Bonchev–Trinajstić information content (AvgIpc) is 2.83. The molecule has 0 unspecified atom stereocenters. The van der Waals surface area contributed by atoms with Crippen LogP contribution in [0.25, 0.3) is 0 Å². The van der Waals surface area contributed by atoms with Gasteiger partial charge in [-0.25, -0.2) is 0 Å². The van der Waals surface area contributed by atoms with Crippen molar-refractivity contribution in [3.63, 3.8) is 0 Å². The monoisotopic (exact) mass is 460 g/mol. The molecular formula is C32H60O. The van der Waals surface area contributed by atoms with Crippen molar-refractivity contribution in [2.24, 2.45) is 0 Å². The number of allylic oxidation sites excluding steroid dienone is 4. The number of hydrogen-bond acceptors (Lipinski definition) is 1. The van der Waals surface area contributed by atoms with E-state index in [1.807, 2.05) is 0 Å². The fourth-order valence-corrected chi connectivity index (χ4v) is 4.53. The van der Waals surface area contributed by atoms with Crippen LogP contribution in [0.3, 0.4) is 0 Å². The summed E-state index contributed by atoms with van der Waals surface area (Å²) in [6.45, 7) is 4.56. The molecule has 0 bridgehead atoms. The zero-order chi connectivity index (χ0) is 24.1. The summed E-state index contributed by atoms with van der Waals surface area (Å²) in [5, 5.41) is 0. The summed E-state index contributed by atoms with van der Waals surface area (Å²) in [5.74, 6) is 0. The fourth-order valence-electron chi connectivity index (χ4n) is 4.53. The minimum absolute atomic E-state index is 0.990. The molecule has 0 aromatic carbocycles. The van der Waals surface area contributed by atoms with Crippen LogP contribution in [0.4, 0.5) is 0 Å². The van der Waals surface area contributed by atoms with E-state index in [0.717, 1.165) is 24.7 Å². The van der Waals surface area contributed by atoms with E-state index in [9.17, 15) is 4.79 Å². The molecule has 0 atom stereocenters. The molecule has 1 heteroatoms. The molecule has 0 N–H and O–H groups in total. The molecule has 194 valence electrons. The Morgan fingerprint density at radius 3 is 1.24 bits per heavy atom. The Morgan fingerprint density at radius 2 is 0.818 bits per heavy atom. The largest absolute Gasteiger partial charge is 0.298 e. The summed E-state index contributed by atoms with van der Waals surface area (Å²) in [5.41, 5.74) is 1.04. The van der Waals surface area contributed by atoms with Gasteiger partial charge in [-0.05, 0) is 56.9 Å². The molecule has 0 rings (SSSR count). The topological polar surface area (TPSA) is 17.1 Å². The van der Waals surface area contributed by atoms with Gasteiger partial charge in [-0.2, -0.15) is 0 Å². The van der Waals surface area contributed by atoms with Crippen LogP contribution in [0.2, 0.25) is 0 Å². The van der Waals surface area contributed by atoms with Gasteiger partial charge in [-0.3, -0.25) is 4.79 Å². The lowest BCUT2D eigenvalue weighted by molar-refractivity contribution is -0.105. The van der Waals surface area contributed by atoms with Crippen molar-refractivity contribution in [1.29, 1.82) is 0 Å². The van der Waals surface area contributed by atoms with Crippen LogP contribution in [0, 0.1) is 0 Å². The van der Waals surface area contributed by atoms with Crippen molar-refractivity contribution < 1.29 is 4.79 Å². The minimum Gasteiger partial charge on any atom is -0.298 e. The lowest BCUT2D eigenvalue weighted by Gasteiger charge is -2.03. The van der Waals surface area contributed by atoms with Gasteiger partial charge in [-0.15, -0.1) is 0 Å². The third kappa shape index (κ3) is 27.3. The highest BCUT2D eigenvalue weighted by molar-refractivity contribution is 5.72. The molecule has 0 heterocycles. The average molecular weight is 461 g/mol. The van der Waals surface area contributed by atoms with Crippen LogP contribution < -0.4 is 0 Å². The van der Waals surface area contributed by atoms with Crippen molar-refractivity contribution in [2.45, 2.75) is 174 Å². The quantitative estimate of drug-likeness (QED) is 0.0515. The van der Waals surface area contributed by atoms with E-state index in [0.29, 0.717) is 0 Å². The summed E-state index contributed by atoms with van der Waals surface area (Å²) < 4.78 is 0. The summed E-state index contributed by atoms with van der Waals surface area (Å²) in [6.07, 6.45) is 41.2. The van der Waals surface area contributed by atoms with E-state index in [-0.39, 0.29) is 0 Å². The van der Waals surface area contributed by atoms with Gasteiger partial charge in [0.05, 0.1) is 0 Å². The second-order valence-corrected chi connectivity index (χ2v) is 10.2. The van der Waals surface area contributed by atoms with Crippen LogP contribution in [0.1, 0.15) is 174 Å². The highest BCUT2D eigenvalue weighted by Crippen LogP contribution is 2.15. The van der Waals surface area contributed by atoms with E-state index in [1.165, 1.54) is 148 Å². The van der Waals surface area contributed by atoms with Crippen molar-refractivity contribution in [3.05, 3.63) is 23.8 Å². The predicted molar refractivity (Wildman–Crippen MR) is 150 cm³/mol. The molecule has 0 aliphatic heterocycles. The third-order valence-electron chi connectivity index (χ3n) is 6.84. The molecule has 0 aromatic heterocycles. The predicted octanol–water partition coefficient (Wildman–Crippen LogP) is 11.5. The Kier molecular flexibility index (Phi) is 28.4. The first kappa shape index (κ1) is 32.1. The maximum Gasteiger partial charge on any atom is 0.145 e. The Balaban J connectivity index is 3.42. The van der Waals surface area contributed by atoms with Crippen LogP contribution in [-0.2, 0) is 4.79 Å².